The van der Waals surface area contributed by atoms with Gasteiger partial charge in [-0.2, -0.15) is 31.3 Å². The second-order valence-corrected chi connectivity index (χ2v) is 10.0. The lowest BCUT2D eigenvalue weighted by Gasteiger charge is -2.35. The predicted molar refractivity (Wildman–Crippen MR) is 137 cm³/mol. The van der Waals surface area contributed by atoms with Gasteiger partial charge < -0.3 is 19.1 Å². The third-order valence-corrected chi connectivity index (χ3v) is 6.92. The van der Waals surface area contributed by atoms with Gasteiger partial charge in [0.1, 0.15) is 12.6 Å². The fourth-order valence-electron chi connectivity index (χ4n) is 4.54. The van der Waals surface area contributed by atoms with E-state index in [1.807, 2.05) is 0 Å². The summed E-state index contributed by atoms with van der Waals surface area (Å²) in [6.45, 7) is -0.759. The first-order valence-corrected chi connectivity index (χ1v) is 13.1. The number of alkyl halides is 6. The number of benzene rings is 2. The van der Waals surface area contributed by atoms with Gasteiger partial charge in [0.25, 0.3) is 5.91 Å². The number of hydrogen-bond donors (Lipinski definition) is 0. The molecule has 15 heteroatoms. The van der Waals surface area contributed by atoms with Crippen LogP contribution in [-0.4, -0.2) is 65.1 Å². The van der Waals surface area contributed by atoms with Crippen LogP contribution >= 0.6 is 11.6 Å². The Hall–Kier alpha value is -3.65. The summed E-state index contributed by atoms with van der Waals surface area (Å²) < 4.78 is 90.7. The Labute approximate surface area is 241 Å². The maximum absolute atomic E-state index is 13.5. The summed E-state index contributed by atoms with van der Waals surface area (Å²) >= 11 is 5.93. The van der Waals surface area contributed by atoms with Crippen molar-refractivity contribution in [3.05, 3.63) is 70.1 Å². The number of amides is 2. The maximum atomic E-state index is 13.5. The molecule has 1 aromatic heterocycles. The van der Waals surface area contributed by atoms with Gasteiger partial charge >= 0.3 is 12.4 Å². The van der Waals surface area contributed by atoms with Crippen LogP contribution in [0.4, 0.5) is 26.3 Å². The van der Waals surface area contributed by atoms with Gasteiger partial charge in [-0.25, -0.2) is 0 Å². The van der Waals surface area contributed by atoms with Gasteiger partial charge in [0, 0.05) is 36.3 Å². The molecular weight excluding hydrogens is 594 g/mol. The van der Waals surface area contributed by atoms with Crippen LogP contribution in [0.5, 0.6) is 0 Å². The van der Waals surface area contributed by atoms with Crippen LogP contribution < -0.4 is 0 Å². The summed E-state index contributed by atoms with van der Waals surface area (Å²) in [5, 5.41) is 4.49. The molecule has 1 unspecified atom stereocenters. The standard InChI is InChI=1S/C27H25ClF6N4O4/c1-41-11-10-37(25(40)17-12-18(26(29,30)31)14-19(13-17)27(32,33)34)15-22(39)38-9-3-2-4-21(38)24-35-23(36-42-24)16-5-7-20(28)8-6-16/h5-8,12-14,21H,2-4,9-11,15H2,1H3. The average Bonchev–Trinajstić information content (AvgIpc) is 3.44. The summed E-state index contributed by atoms with van der Waals surface area (Å²) in [6.07, 6.45) is -8.47. The number of halogens is 7. The first-order chi connectivity index (χ1) is 19.8. The van der Waals surface area contributed by atoms with Crippen LogP contribution in [-0.2, 0) is 21.9 Å². The van der Waals surface area contributed by atoms with E-state index >= 15 is 0 Å². The lowest BCUT2D eigenvalue weighted by atomic mass is 10.0. The molecule has 4 rings (SSSR count). The Morgan fingerprint density at radius 3 is 2.29 bits per heavy atom. The Kier molecular flexibility index (Phi) is 9.46. The molecule has 2 amide bonds. The van der Waals surface area contributed by atoms with Crippen LogP contribution in [0.25, 0.3) is 11.4 Å². The minimum absolute atomic E-state index is 0.0670. The molecule has 0 aliphatic carbocycles. The average molecular weight is 619 g/mol. The van der Waals surface area contributed by atoms with Crippen molar-refractivity contribution in [2.24, 2.45) is 0 Å². The predicted octanol–water partition coefficient (Wildman–Crippen LogP) is 6.27. The fourth-order valence-corrected chi connectivity index (χ4v) is 4.67. The molecule has 1 fully saturated rings. The van der Waals surface area contributed by atoms with Crippen molar-refractivity contribution in [3.8, 4) is 11.4 Å². The van der Waals surface area contributed by atoms with Crippen molar-refractivity contribution in [2.75, 3.05) is 33.4 Å². The van der Waals surface area contributed by atoms with Crippen LogP contribution in [0.3, 0.4) is 0 Å². The maximum Gasteiger partial charge on any atom is 0.416 e. The smallest absolute Gasteiger partial charge is 0.383 e. The van der Waals surface area contributed by atoms with Crippen molar-refractivity contribution in [1.82, 2.24) is 19.9 Å². The van der Waals surface area contributed by atoms with Gasteiger partial charge in [-0.3, -0.25) is 9.59 Å². The van der Waals surface area contributed by atoms with E-state index in [1.165, 1.54) is 12.0 Å². The van der Waals surface area contributed by atoms with Crippen molar-refractivity contribution < 1.29 is 45.2 Å². The second-order valence-electron chi connectivity index (χ2n) is 9.58. The van der Waals surface area contributed by atoms with E-state index in [-0.39, 0.29) is 37.5 Å². The first-order valence-electron chi connectivity index (χ1n) is 12.7. The molecule has 2 heterocycles. The minimum Gasteiger partial charge on any atom is -0.383 e. The van der Waals surface area contributed by atoms with E-state index in [1.54, 1.807) is 24.3 Å². The van der Waals surface area contributed by atoms with E-state index in [0.29, 0.717) is 35.6 Å². The van der Waals surface area contributed by atoms with Gasteiger partial charge in [0.05, 0.1) is 17.7 Å². The second kappa shape index (κ2) is 12.7. The molecule has 226 valence electrons. The Bertz CT molecular complexity index is 1380. The highest BCUT2D eigenvalue weighted by molar-refractivity contribution is 6.30. The number of likely N-dealkylation sites (tertiary alicyclic amines) is 1. The van der Waals surface area contributed by atoms with E-state index in [2.05, 4.69) is 10.1 Å². The Balaban J connectivity index is 1.59. The van der Waals surface area contributed by atoms with E-state index in [4.69, 9.17) is 20.9 Å². The van der Waals surface area contributed by atoms with Crippen molar-refractivity contribution >= 4 is 23.4 Å². The molecular formula is C27H25ClF6N4O4. The Morgan fingerprint density at radius 1 is 1.05 bits per heavy atom. The number of ether oxygens (including phenoxy) is 1. The number of nitrogens with zero attached hydrogens (tertiary/aromatic N) is 4. The van der Waals surface area contributed by atoms with Crippen molar-refractivity contribution in [2.45, 2.75) is 37.7 Å². The molecule has 42 heavy (non-hydrogen) atoms. The zero-order chi connectivity index (χ0) is 30.7. The molecule has 1 aliphatic rings. The number of rotatable bonds is 8. The third-order valence-electron chi connectivity index (χ3n) is 6.67. The van der Waals surface area contributed by atoms with Crippen LogP contribution in [0.2, 0.25) is 5.02 Å². The first kappa shape index (κ1) is 31.3. The van der Waals surface area contributed by atoms with Gasteiger partial charge in [0.15, 0.2) is 0 Å². The Morgan fingerprint density at radius 2 is 1.69 bits per heavy atom. The molecule has 1 atom stereocenters. The molecule has 0 spiro atoms. The quantitative estimate of drug-likeness (QED) is 0.277. The highest BCUT2D eigenvalue weighted by Crippen LogP contribution is 2.37. The molecule has 8 nitrogen and oxygen atoms in total. The van der Waals surface area contributed by atoms with E-state index in [0.717, 1.165) is 11.3 Å². The summed E-state index contributed by atoms with van der Waals surface area (Å²) in [4.78, 5) is 33.5. The molecule has 3 aromatic rings. The largest absolute Gasteiger partial charge is 0.416 e. The van der Waals surface area contributed by atoms with Gasteiger partial charge in [-0.15, -0.1) is 0 Å². The number of aromatic nitrogens is 2. The van der Waals surface area contributed by atoms with Crippen LogP contribution in [0.15, 0.2) is 47.0 Å². The third kappa shape index (κ3) is 7.40. The monoisotopic (exact) mass is 618 g/mol. The number of carbonyl (C=O) groups excluding carboxylic acids is 2. The van der Waals surface area contributed by atoms with Gasteiger partial charge in [-0.05, 0) is 61.7 Å². The molecule has 0 saturated carbocycles. The summed E-state index contributed by atoms with van der Waals surface area (Å²) in [6, 6.07) is 6.64. The van der Waals surface area contributed by atoms with Crippen molar-refractivity contribution in [3.63, 3.8) is 0 Å². The van der Waals surface area contributed by atoms with E-state index in [9.17, 15) is 35.9 Å². The summed E-state index contributed by atoms with van der Waals surface area (Å²) in [5.74, 6) is -1.37. The van der Waals surface area contributed by atoms with Crippen LogP contribution in [0, 0.1) is 0 Å². The summed E-state index contributed by atoms with van der Waals surface area (Å²) in [7, 11) is 1.30. The highest BCUT2D eigenvalue weighted by Gasteiger charge is 2.39. The van der Waals surface area contributed by atoms with E-state index < -0.39 is 53.4 Å². The van der Waals surface area contributed by atoms with Crippen LogP contribution in [0.1, 0.15) is 52.7 Å². The number of piperidine rings is 1. The van der Waals surface area contributed by atoms with Gasteiger partial charge in [-0.1, -0.05) is 16.8 Å². The number of methoxy groups -OCH3 is 1. The lowest BCUT2D eigenvalue weighted by molar-refractivity contribution is -0.143. The molecule has 2 aromatic carbocycles. The zero-order valence-corrected chi connectivity index (χ0v) is 22.9. The van der Waals surface area contributed by atoms with Crippen molar-refractivity contribution in [1.29, 1.82) is 0 Å². The number of hydrogen-bond acceptors (Lipinski definition) is 6. The molecule has 0 N–H and O–H groups in total. The molecule has 0 bridgehead atoms. The molecule has 0 radical (unpaired) electrons. The zero-order valence-electron chi connectivity index (χ0n) is 22.1. The molecule has 1 saturated heterocycles. The fraction of sp³-hybridized carbons (Fsp3) is 0.407. The number of carbonyl (C=O) groups is 2. The summed E-state index contributed by atoms with van der Waals surface area (Å²) in [5.41, 5.74) is -3.51. The molecule has 1 aliphatic heterocycles. The topological polar surface area (TPSA) is 88.8 Å². The van der Waals surface area contributed by atoms with Gasteiger partial charge in [0.2, 0.25) is 17.6 Å². The normalized spacial score (nSPS) is 16.0. The highest BCUT2D eigenvalue weighted by atomic mass is 35.5. The SMILES string of the molecule is COCCN(CC(=O)N1CCCCC1c1nc(-c2ccc(Cl)cc2)no1)C(=O)c1cc(C(F)(F)F)cc(C(F)(F)F)c1. The lowest BCUT2D eigenvalue weighted by Crippen LogP contribution is -2.47. The minimum atomic E-state index is -5.14.